The average Bonchev–Trinajstić information content (AvgIpc) is 2.73. The zero-order chi connectivity index (χ0) is 13.6. The Morgan fingerprint density at radius 3 is 2.78 bits per heavy atom. The Bertz CT molecular complexity index is 393. The molecule has 1 unspecified atom stereocenters. The molecular weight excluding hydrogens is 236 g/mol. The minimum absolute atomic E-state index is 0.0364. The van der Waals surface area contributed by atoms with E-state index in [4.69, 9.17) is 9.63 Å². The van der Waals surface area contributed by atoms with Crippen LogP contribution in [0.25, 0.3) is 0 Å². The number of aliphatic hydroxyl groups excluding tert-OH is 1. The van der Waals surface area contributed by atoms with Gasteiger partial charge in [0.25, 0.3) is 0 Å². The third-order valence-electron chi connectivity index (χ3n) is 2.84. The molecule has 2 amide bonds. The Hall–Kier alpha value is -1.63. The molecule has 0 fully saturated rings. The average molecular weight is 256 g/mol. The molecule has 0 spiro atoms. The molecule has 1 heterocycles. The maximum Gasteiger partial charge on any atom is 0.315 e. The monoisotopic (exact) mass is 256 g/mol. The first-order valence-corrected chi connectivity index (χ1v) is 5.95. The number of aliphatic hydroxyl groups is 1. The van der Waals surface area contributed by atoms with E-state index in [-0.39, 0.29) is 19.2 Å². The fraction of sp³-hybridized carbons (Fsp3) is 0.727. The Labute approximate surface area is 106 Å². The highest BCUT2D eigenvalue weighted by Gasteiger charge is 2.23. The summed E-state index contributed by atoms with van der Waals surface area (Å²) in [4.78, 5) is 15.7. The molecule has 1 atom stereocenters. The summed E-state index contributed by atoms with van der Waals surface area (Å²) in [6.07, 6.45) is 1.25. The van der Waals surface area contributed by atoms with Crippen LogP contribution in [0.5, 0.6) is 0 Å². The van der Waals surface area contributed by atoms with Gasteiger partial charge in [-0.2, -0.15) is 4.98 Å². The van der Waals surface area contributed by atoms with Crippen LogP contribution >= 0.6 is 0 Å². The summed E-state index contributed by atoms with van der Waals surface area (Å²) >= 11 is 0. The SMILES string of the molecule is CCC(C)(CCO)NC(=O)NCc1noc(C)n1. The fourth-order valence-corrected chi connectivity index (χ4v) is 1.47. The van der Waals surface area contributed by atoms with Gasteiger partial charge in [0.2, 0.25) is 5.89 Å². The summed E-state index contributed by atoms with van der Waals surface area (Å²) in [6.45, 7) is 5.78. The molecule has 0 aliphatic rings. The number of nitrogens with one attached hydrogen (secondary N) is 2. The van der Waals surface area contributed by atoms with Gasteiger partial charge in [0.1, 0.15) is 0 Å². The highest BCUT2D eigenvalue weighted by atomic mass is 16.5. The summed E-state index contributed by atoms with van der Waals surface area (Å²) in [5.41, 5.74) is -0.411. The lowest BCUT2D eigenvalue weighted by Crippen LogP contribution is -2.50. The Morgan fingerprint density at radius 1 is 1.56 bits per heavy atom. The molecule has 1 rings (SSSR count). The van der Waals surface area contributed by atoms with Crippen molar-refractivity contribution in [2.24, 2.45) is 0 Å². The first-order chi connectivity index (χ1) is 8.49. The van der Waals surface area contributed by atoms with Crippen LogP contribution in [0.1, 0.15) is 38.4 Å². The van der Waals surface area contributed by atoms with E-state index >= 15 is 0 Å². The molecule has 0 aliphatic heterocycles. The molecule has 7 heteroatoms. The number of carbonyl (C=O) groups excluding carboxylic acids is 1. The van der Waals surface area contributed by atoms with Crippen molar-refractivity contribution in [3.8, 4) is 0 Å². The number of aromatic nitrogens is 2. The third kappa shape index (κ3) is 4.33. The molecule has 1 aromatic heterocycles. The van der Waals surface area contributed by atoms with Gasteiger partial charge >= 0.3 is 6.03 Å². The van der Waals surface area contributed by atoms with Crippen molar-refractivity contribution in [1.29, 1.82) is 0 Å². The second-order valence-corrected chi connectivity index (χ2v) is 4.43. The van der Waals surface area contributed by atoms with Crippen molar-refractivity contribution in [3.05, 3.63) is 11.7 Å². The van der Waals surface area contributed by atoms with Crippen LogP contribution < -0.4 is 10.6 Å². The summed E-state index contributed by atoms with van der Waals surface area (Å²) in [5.74, 6) is 0.897. The van der Waals surface area contributed by atoms with Gasteiger partial charge in [0.05, 0.1) is 6.54 Å². The number of hydrogen-bond acceptors (Lipinski definition) is 5. The van der Waals surface area contributed by atoms with Crippen molar-refractivity contribution in [1.82, 2.24) is 20.8 Å². The molecular formula is C11H20N4O3. The van der Waals surface area contributed by atoms with E-state index in [0.717, 1.165) is 6.42 Å². The van der Waals surface area contributed by atoms with Gasteiger partial charge in [-0.1, -0.05) is 12.1 Å². The third-order valence-corrected chi connectivity index (χ3v) is 2.84. The lowest BCUT2D eigenvalue weighted by Gasteiger charge is -2.28. The van der Waals surface area contributed by atoms with E-state index in [1.54, 1.807) is 6.92 Å². The number of urea groups is 1. The van der Waals surface area contributed by atoms with Gasteiger partial charge in [0, 0.05) is 19.1 Å². The molecule has 3 N–H and O–H groups in total. The van der Waals surface area contributed by atoms with Crippen LogP contribution in [0.15, 0.2) is 4.52 Å². The topological polar surface area (TPSA) is 100 Å². The summed E-state index contributed by atoms with van der Waals surface area (Å²) < 4.78 is 4.79. The highest BCUT2D eigenvalue weighted by Crippen LogP contribution is 2.13. The first-order valence-electron chi connectivity index (χ1n) is 5.95. The molecule has 7 nitrogen and oxygen atoms in total. The van der Waals surface area contributed by atoms with Crippen molar-refractivity contribution in [3.63, 3.8) is 0 Å². The van der Waals surface area contributed by atoms with Crippen LogP contribution in [-0.2, 0) is 6.54 Å². The van der Waals surface area contributed by atoms with Gasteiger partial charge in [-0.15, -0.1) is 0 Å². The summed E-state index contributed by atoms with van der Waals surface area (Å²) in [6, 6.07) is -0.310. The molecule has 102 valence electrons. The van der Waals surface area contributed by atoms with E-state index in [0.29, 0.717) is 18.1 Å². The van der Waals surface area contributed by atoms with Crippen LogP contribution in [0.4, 0.5) is 4.79 Å². The van der Waals surface area contributed by atoms with E-state index in [2.05, 4.69) is 20.8 Å². The molecule has 18 heavy (non-hydrogen) atoms. The van der Waals surface area contributed by atoms with Crippen LogP contribution in [0, 0.1) is 6.92 Å². The van der Waals surface area contributed by atoms with Gasteiger partial charge < -0.3 is 20.3 Å². The predicted octanol–water partition coefficient (Wildman–Crippen LogP) is 0.728. The number of rotatable bonds is 6. The Morgan fingerprint density at radius 2 is 2.28 bits per heavy atom. The van der Waals surface area contributed by atoms with Gasteiger partial charge in [-0.3, -0.25) is 0 Å². The number of carbonyl (C=O) groups is 1. The van der Waals surface area contributed by atoms with Crippen LogP contribution in [0.3, 0.4) is 0 Å². The van der Waals surface area contributed by atoms with E-state index in [9.17, 15) is 4.79 Å². The van der Waals surface area contributed by atoms with Crippen LogP contribution in [0.2, 0.25) is 0 Å². The van der Waals surface area contributed by atoms with Gasteiger partial charge in [0.15, 0.2) is 5.82 Å². The first kappa shape index (κ1) is 14.4. The van der Waals surface area contributed by atoms with E-state index in [1.165, 1.54) is 0 Å². The number of nitrogens with zero attached hydrogens (tertiary/aromatic N) is 2. The Kier molecular flexibility index (Phi) is 5.08. The quantitative estimate of drug-likeness (QED) is 0.696. The molecule has 0 aromatic carbocycles. The van der Waals surface area contributed by atoms with E-state index in [1.807, 2.05) is 13.8 Å². The number of hydrogen-bond donors (Lipinski definition) is 3. The van der Waals surface area contributed by atoms with Crippen molar-refractivity contribution in [2.45, 2.75) is 45.7 Å². The Balaban J connectivity index is 2.41. The molecule has 0 bridgehead atoms. The second kappa shape index (κ2) is 6.34. The maximum absolute atomic E-state index is 11.7. The summed E-state index contributed by atoms with van der Waals surface area (Å²) in [7, 11) is 0. The lowest BCUT2D eigenvalue weighted by molar-refractivity contribution is 0.200. The molecule has 0 saturated heterocycles. The van der Waals surface area contributed by atoms with Gasteiger partial charge in [-0.05, 0) is 19.8 Å². The largest absolute Gasteiger partial charge is 0.396 e. The normalized spacial score (nSPS) is 14.0. The lowest BCUT2D eigenvalue weighted by atomic mass is 9.95. The molecule has 0 saturated carbocycles. The van der Waals surface area contributed by atoms with Crippen molar-refractivity contribution in [2.75, 3.05) is 6.61 Å². The minimum Gasteiger partial charge on any atom is -0.396 e. The second-order valence-electron chi connectivity index (χ2n) is 4.43. The maximum atomic E-state index is 11.7. The number of amides is 2. The fourth-order valence-electron chi connectivity index (χ4n) is 1.47. The smallest absolute Gasteiger partial charge is 0.315 e. The van der Waals surface area contributed by atoms with Crippen molar-refractivity contribution >= 4 is 6.03 Å². The van der Waals surface area contributed by atoms with Gasteiger partial charge in [-0.25, -0.2) is 4.79 Å². The van der Waals surface area contributed by atoms with Crippen LogP contribution in [-0.4, -0.2) is 33.4 Å². The zero-order valence-electron chi connectivity index (χ0n) is 11.0. The highest BCUT2D eigenvalue weighted by molar-refractivity contribution is 5.74. The molecule has 0 aliphatic carbocycles. The zero-order valence-corrected chi connectivity index (χ0v) is 11.0. The standard InChI is InChI=1S/C11H20N4O3/c1-4-11(3,5-6-16)14-10(17)12-7-9-13-8(2)18-15-9/h16H,4-7H2,1-3H3,(H2,12,14,17). The summed E-state index contributed by atoms with van der Waals surface area (Å²) in [5, 5.41) is 18.1. The minimum atomic E-state index is -0.411. The van der Waals surface area contributed by atoms with E-state index < -0.39 is 5.54 Å². The molecule has 0 radical (unpaired) electrons. The predicted molar refractivity (Wildman–Crippen MR) is 64.8 cm³/mol. The number of aryl methyl sites for hydroxylation is 1. The molecule has 1 aromatic rings. The van der Waals surface area contributed by atoms with Crippen molar-refractivity contribution < 1.29 is 14.4 Å².